The lowest BCUT2D eigenvalue weighted by Gasteiger charge is -2.16. The summed E-state index contributed by atoms with van der Waals surface area (Å²) in [6.07, 6.45) is 1.71. The van der Waals surface area contributed by atoms with Crippen molar-refractivity contribution < 1.29 is 4.79 Å². The summed E-state index contributed by atoms with van der Waals surface area (Å²) in [5.41, 5.74) is 3.40. The second kappa shape index (κ2) is 9.26. The molecule has 8 heteroatoms. The third-order valence-corrected chi connectivity index (χ3v) is 7.55. The molecule has 3 heterocycles. The number of para-hydroxylation sites is 1. The van der Waals surface area contributed by atoms with E-state index in [0.29, 0.717) is 21.9 Å². The summed E-state index contributed by atoms with van der Waals surface area (Å²) in [7, 11) is 0. The molecule has 164 valence electrons. The van der Waals surface area contributed by atoms with Crippen LogP contribution in [0.4, 0.5) is 5.69 Å². The molecular weight excluding hydrogens is 440 g/mol. The van der Waals surface area contributed by atoms with Gasteiger partial charge in [-0.05, 0) is 57.0 Å². The average molecular weight is 465 g/mol. The number of nitrogens with zero attached hydrogens (tertiary/aromatic N) is 3. The standard InChI is InChI=1S/C24H24N4O2S2/c1-14-9-5-6-11-19(14)26-21(29)17(4)32-24-27-22-20(15(2)16(3)31-22)23(30)28(24)13-18-10-7-8-12-25-18/h5-12,17H,13H2,1-4H3,(H,26,29). The van der Waals surface area contributed by atoms with Crippen LogP contribution in [0.5, 0.6) is 0 Å². The number of anilines is 1. The molecule has 0 radical (unpaired) electrons. The molecule has 0 saturated carbocycles. The molecular formula is C24H24N4O2S2. The van der Waals surface area contributed by atoms with Crippen molar-refractivity contribution in [2.75, 3.05) is 5.32 Å². The second-order valence-electron chi connectivity index (χ2n) is 7.63. The summed E-state index contributed by atoms with van der Waals surface area (Å²) in [6.45, 7) is 8.02. The van der Waals surface area contributed by atoms with E-state index in [0.717, 1.165) is 27.4 Å². The van der Waals surface area contributed by atoms with E-state index in [2.05, 4.69) is 10.3 Å². The Hall–Kier alpha value is -2.97. The summed E-state index contributed by atoms with van der Waals surface area (Å²) < 4.78 is 1.63. The summed E-state index contributed by atoms with van der Waals surface area (Å²) in [5.74, 6) is -0.137. The quantitative estimate of drug-likeness (QED) is 0.323. The number of aromatic nitrogens is 3. The molecule has 0 fully saturated rings. The number of thioether (sulfide) groups is 1. The van der Waals surface area contributed by atoms with Crippen LogP contribution in [-0.4, -0.2) is 25.7 Å². The molecule has 0 bridgehead atoms. The molecule has 32 heavy (non-hydrogen) atoms. The number of pyridine rings is 1. The highest BCUT2D eigenvalue weighted by atomic mass is 32.2. The maximum Gasteiger partial charge on any atom is 0.263 e. The first kappa shape index (κ1) is 22.2. The maximum atomic E-state index is 13.5. The minimum Gasteiger partial charge on any atom is -0.325 e. The number of thiophene rings is 1. The van der Waals surface area contributed by atoms with Gasteiger partial charge in [0.15, 0.2) is 5.16 Å². The van der Waals surface area contributed by atoms with Gasteiger partial charge in [-0.1, -0.05) is 36.0 Å². The van der Waals surface area contributed by atoms with Gasteiger partial charge in [0.05, 0.1) is 22.9 Å². The fraction of sp³-hybridized carbons (Fsp3) is 0.250. The Morgan fingerprint density at radius 1 is 1.16 bits per heavy atom. The number of carbonyl (C=O) groups excluding carboxylic acids is 1. The topological polar surface area (TPSA) is 76.9 Å². The van der Waals surface area contributed by atoms with Gasteiger partial charge in [-0.2, -0.15) is 0 Å². The largest absolute Gasteiger partial charge is 0.325 e. The van der Waals surface area contributed by atoms with Crippen molar-refractivity contribution in [3.8, 4) is 0 Å². The van der Waals surface area contributed by atoms with Gasteiger partial charge in [-0.3, -0.25) is 19.1 Å². The molecule has 0 saturated heterocycles. The fourth-order valence-electron chi connectivity index (χ4n) is 3.35. The fourth-order valence-corrected chi connectivity index (χ4v) is 5.33. The molecule has 6 nitrogen and oxygen atoms in total. The predicted octanol–water partition coefficient (Wildman–Crippen LogP) is 4.95. The predicted molar refractivity (Wildman–Crippen MR) is 132 cm³/mol. The van der Waals surface area contributed by atoms with E-state index < -0.39 is 5.25 Å². The maximum absolute atomic E-state index is 13.5. The Kier molecular flexibility index (Phi) is 6.43. The number of hydrogen-bond donors (Lipinski definition) is 1. The lowest BCUT2D eigenvalue weighted by atomic mass is 10.2. The van der Waals surface area contributed by atoms with Gasteiger partial charge in [-0.15, -0.1) is 11.3 Å². The zero-order chi connectivity index (χ0) is 22.8. The van der Waals surface area contributed by atoms with Gasteiger partial charge >= 0.3 is 0 Å². The SMILES string of the molecule is Cc1ccccc1NC(=O)C(C)Sc1nc2sc(C)c(C)c2c(=O)n1Cc1ccccn1. The molecule has 1 atom stereocenters. The van der Waals surface area contributed by atoms with E-state index in [1.165, 1.54) is 23.1 Å². The van der Waals surface area contributed by atoms with Crippen LogP contribution < -0.4 is 10.9 Å². The molecule has 0 aliphatic carbocycles. The number of carbonyl (C=O) groups is 1. The summed E-state index contributed by atoms with van der Waals surface area (Å²) in [4.78, 5) is 37.3. The highest BCUT2D eigenvalue weighted by Crippen LogP contribution is 2.30. The summed E-state index contributed by atoms with van der Waals surface area (Å²) >= 11 is 2.79. The van der Waals surface area contributed by atoms with Crippen molar-refractivity contribution in [1.82, 2.24) is 14.5 Å². The Morgan fingerprint density at radius 3 is 2.62 bits per heavy atom. The monoisotopic (exact) mass is 464 g/mol. The molecule has 1 aromatic carbocycles. The molecule has 3 aromatic heterocycles. The van der Waals surface area contributed by atoms with Crippen molar-refractivity contribution in [1.29, 1.82) is 0 Å². The Morgan fingerprint density at radius 2 is 1.91 bits per heavy atom. The van der Waals surface area contributed by atoms with Crippen LogP contribution in [0.2, 0.25) is 0 Å². The van der Waals surface area contributed by atoms with Crippen LogP contribution >= 0.6 is 23.1 Å². The second-order valence-corrected chi connectivity index (χ2v) is 10.1. The zero-order valence-electron chi connectivity index (χ0n) is 18.4. The number of benzene rings is 1. The first-order valence-electron chi connectivity index (χ1n) is 10.3. The van der Waals surface area contributed by atoms with Crippen molar-refractivity contribution in [3.63, 3.8) is 0 Å². The van der Waals surface area contributed by atoms with Gasteiger partial charge in [0.2, 0.25) is 5.91 Å². The van der Waals surface area contributed by atoms with Crippen molar-refractivity contribution >= 4 is 44.9 Å². The van der Waals surface area contributed by atoms with Crippen LogP contribution in [0.1, 0.15) is 28.6 Å². The first-order valence-corrected chi connectivity index (χ1v) is 12.0. The first-order chi connectivity index (χ1) is 15.3. The van der Waals surface area contributed by atoms with E-state index in [-0.39, 0.29) is 11.5 Å². The Bertz CT molecular complexity index is 1350. The highest BCUT2D eigenvalue weighted by molar-refractivity contribution is 8.00. The van der Waals surface area contributed by atoms with Gasteiger partial charge in [0.1, 0.15) is 4.83 Å². The van der Waals surface area contributed by atoms with E-state index >= 15 is 0 Å². The number of rotatable bonds is 6. The average Bonchev–Trinajstić information content (AvgIpc) is 3.06. The van der Waals surface area contributed by atoms with E-state index in [4.69, 9.17) is 4.98 Å². The Labute approximate surface area is 194 Å². The normalized spacial score (nSPS) is 12.1. The van der Waals surface area contributed by atoms with Crippen LogP contribution in [-0.2, 0) is 11.3 Å². The summed E-state index contributed by atoms with van der Waals surface area (Å²) in [6, 6.07) is 13.3. The molecule has 0 aliphatic heterocycles. The third kappa shape index (κ3) is 4.47. The van der Waals surface area contributed by atoms with Gasteiger partial charge in [0.25, 0.3) is 5.56 Å². The number of amides is 1. The summed E-state index contributed by atoms with van der Waals surface area (Å²) in [5, 5.41) is 3.69. The van der Waals surface area contributed by atoms with E-state index in [9.17, 15) is 9.59 Å². The molecule has 1 amide bonds. The molecule has 0 aliphatic rings. The molecule has 1 N–H and O–H groups in total. The number of hydrogen-bond acceptors (Lipinski definition) is 6. The van der Waals surface area contributed by atoms with Crippen LogP contribution in [0.15, 0.2) is 58.6 Å². The lowest BCUT2D eigenvalue weighted by molar-refractivity contribution is -0.115. The van der Waals surface area contributed by atoms with Gasteiger partial charge in [0, 0.05) is 16.8 Å². The van der Waals surface area contributed by atoms with Crippen LogP contribution in [0, 0.1) is 20.8 Å². The minimum absolute atomic E-state index is 0.100. The molecule has 4 aromatic rings. The van der Waals surface area contributed by atoms with Crippen LogP contribution in [0.3, 0.4) is 0 Å². The molecule has 1 unspecified atom stereocenters. The van der Waals surface area contributed by atoms with Crippen molar-refractivity contribution in [2.24, 2.45) is 0 Å². The number of nitrogens with one attached hydrogen (secondary N) is 1. The molecule has 0 spiro atoms. The van der Waals surface area contributed by atoms with E-state index in [1.807, 2.05) is 70.2 Å². The third-order valence-electron chi connectivity index (χ3n) is 5.35. The van der Waals surface area contributed by atoms with Gasteiger partial charge in [-0.25, -0.2) is 4.98 Å². The van der Waals surface area contributed by atoms with Crippen molar-refractivity contribution in [2.45, 2.75) is 44.6 Å². The van der Waals surface area contributed by atoms with Crippen molar-refractivity contribution in [3.05, 3.63) is 80.7 Å². The van der Waals surface area contributed by atoms with Gasteiger partial charge < -0.3 is 5.32 Å². The highest BCUT2D eigenvalue weighted by Gasteiger charge is 2.22. The number of fused-ring (bicyclic) bond motifs is 1. The minimum atomic E-state index is -0.448. The zero-order valence-corrected chi connectivity index (χ0v) is 20.0. The molecule has 4 rings (SSSR count). The number of aryl methyl sites for hydroxylation is 3. The Balaban J connectivity index is 1.70. The van der Waals surface area contributed by atoms with Crippen LogP contribution in [0.25, 0.3) is 10.2 Å². The van der Waals surface area contributed by atoms with E-state index in [1.54, 1.807) is 10.8 Å². The lowest BCUT2D eigenvalue weighted by Crippen LogP contribution is -2.27. The smallest absolute Gasteiger partial charge is 0.263 e.